The van der Waals surface area contributed by atoms with E-state index >= 15 is 0 Å². The number of amides is 2. The van der Waals surface area contributed by atoms with Crippen LogP contribution >= 0.6 is 0 Å². The Balaban J connectivity index is 2.07. The zero-order chi connectivity index (χ0) is 20.6. The molecule has 0 aromatic heterocycles. The van der Waals surface area contributed by atoms with Crippen molar-refractivity contribution >= 4 is 18.2 Å². The van der Waals surface area contributed by atoms with Gasteiger partial charge in [0.05, 0.1) is 11.5 Å². The van der Waals surface area contributed by atoms with Crippen molar-refractivity contribution in [2.75, 3.05) is 13.1 Å². The standard InChI is InChI=1S/C19H32N2O6/c1-12-13(20-15(23)26-17(2,3)4)19(14(22)25-12)8-10-21(11-9-19)16(24)27-18(5,6)7/h12-13H,8-11H2,1-7H3,(H,20,23)/t12-,13+/m0/s1. The first-order valence-corrected chi connectivity index (χ1v) is 9.42. The number of piperidine rings is 1. The van der Waals surface area contributed by atoms with E-state index in [1.807, 2.05) is 20.8 Å². The number of hydrogen-bond donors (Lipinski definition) is 1. The number of ether oxygens (including phenoxy) is 3. The molecule has 0 radical (unpaired) electrons. The summed E-state index contributed by atoms with van der Waals surface area (Å²) in [5, 5.41) is 2.82. The van der Waals surface area contributed by atoms with Gasteiger partial charge in [0.1, 0.15) is 17.3 Å². The molecule has 154 valence electrons. The van der Waals surface area contributed by atoms with Gasteiger partial charge >= 0.3 is 18.2 Å². The summed E-state index contributed by atoms with van der Waals surface area (Å²) in [5.41, 5.74) is -2.06. The second-order valence-corrected chi connectivity index (χ2v) is 9.36. The average Bonchev–Trinajstić information content (AvgIpc) is 2.69. The zero-order valence-corrected chi connectivity index (χ0v) is 17.4. The zero-order valence-electron chi connectivity index (χ0n) is 17.4. The van der Waals surface area contributed by atoms with Crippen molar-refractivity contribution < 1.29 is 28.6 Å². The van der Waals surface area contributed by atoms with Crippen LogP contribution in [-0.2, 0) is 19.0 Å². The number of nitrogens with zero attached hydrogens (tertiary/aromatic N) is 1. The van der Waals surface area contributed by atoms with Gasteiger partial charge in [0.2, 0.25) is 0 Å². The number of nitrogens with one attached hydrogen (secondary N) is 1. The number of rotatable bonds is 1. The van der Waals surface area contributed by atoms with Crippen LogP contribution in [0.15, 0.2) is 0 Å². The molecule has 0 bridgehead atoms. The minimum absolute atomic E-state index is 0.333. The fourth-order valence-electron chi connectivity index (χ4n) is 3.55. The molecule has 2 saturated heterocycles. The van der Waals surface area contributed by atoms with E-state index in [0.717, 1.165) is 0 Å². The molecular weight excluding hydrogens is 352 g/mol. The van der Waals surface area contributed by atoms with Gasteiger partial charge in [0.15, 0.2) is 0 Å². The second-order valence-electron chi connectivity index (χ2n) is 9.36. The first kappa shape index (κ1) is 21.3. The van der Waals surface area contributed by atoms with Gasteiger partial charge in [-0.15, -0.1) is 0 Å². The van der Waals surface area contributed by atoms with Crippen molar-refractivity contribution in [1.82, 2.24) is 10.2 Å². The molecule has 8 nitrogen and oxygen atoms in total. The molecule has 0 saturated carbocycles. The summed E-state index contributed by atoms with van der Waals surface area (Å²) in [6.45, 7) is 13.3. The first-order valence-electron chi connectivity index (χ1n) is 9.42. The Bertz CT molecular complexity index is 596. The molecule has 2 amide bonds. The topological polar surface area (TPSA) is 94.2 Å². The highest BCUT2D eigenvalue weighted by Crippen LogP contribution is 2.43. The Labute approximate surface area is 160 Å². The number of cyclic esters (lactones) is 1. The third kappa shape index (κ3) is 5.05. The second kappa shape index (κ2) is 7.20. The minimum Gasteiger partial charge on any atom is -0.460 e. The van der Waals surface area contributed by atoms with E-state index in [4.69, 9.17) is 14.2 Å². The predicted molar refractivity (Wildman–Crippen MR) is 98.2 cm³/mol. The van der Waals surface area contributed by atoms with Crippen LogP contribution in [0.25, 0.3) is 0 Å². The van der Waals surface area contributed by atoms with Crippen molar-refractivity contribution in [3.8, 4) is 0 Å². The van der Waals surface area contributed by atoms with Crippen LogP contribution in [0.5, 0.6) is 0 Å². The van der Waals surface area contributed by atoms with Crippen molar-refractivity contribution in [3.63, 3.8) is 0 Å². The number of carbonyl (C=O) groups excluding carboxylic acids is 3. The Morgan fingerprint density at radius 1 is 1.07 bits per heavy atom. The van der Waals surface area contributed by atoms with Crippen LogP contribution in [0, 0.1) is 5.41 Å². The largest absolute Gasteiger partial charge is 0.460 e. The lowest BCUT2D eigenvalue weighted by molar-refractivity contribution is -0.150. The van der Waals surface area contributed by atoms with Gasteiger partial charge in [0, 0.05) is 13.1 Å². The molecular formula is C19H32N2O6. The molecule has 2 aliphatic rings. The lowest BCUT2D eigenvalue weighted by Gasteiger charge is -2.40. The van der Waals surface area contributed by atoms with Crippen LogP contribution in [-0.4, -0.2) is 59.5 Å². The van der Waals surface area contributed by atoms with Gasteiger partial charge in [-0.25, -0.2) is 9.59 Å². The third-order valence-electron chi connectivity index (χ3n) is 4.74. The van der Waals surface area contributed by atoms with Crippen molar-refractivity contribution in [2.24, 2.45) is 5.41 Å². The molecule has 27 heavy (non-hydrogen) atoms. The highest BCUT2D eigenvalue weighted by atomic mass is 16.6. The molecule has 0 aromatic rings. The summed E-state index contributed by atoms with van der Waals surface area (Å²) in [6.07, 6.45) is -0.635. The summed E-state index contributed by atoms with van der Waals surface area (Å²) in [5.74, 6) is -0.333. The normalized spacial score (nSPS) is 25.1. The number of likely N-dealkylation sites (tertiary alicyclic amines) is 1. The summed E-state index contributed by atoms with van der Waals surface area (Å²) in [7, 11) is 0. The Morgan fingerprint density at radius 3 is 2.07 bits per heavy atom. The molecule has 2 aliphatic heterocycles. The summed E-state index contributed by atoms with van der Waals surface area (Å²) >= 11 is 0. The molecule has 1 spiro atoms. The van der Waals surface area contributed by atoms with E-state index in [-0.39, 0.29) is 5.97 Å². The fraction of sp³-hybridized carbons (Fsp3) is 0.842. The van der Waals surface area contributed by atoms with E-state index in [9.17, 15) is 14.4 Å². The van der Waals surface area contributed by atoms with Crippen LogP contribution in [0.4, 0.5) is 9.59 Å². The van der Waals surface area contributed by atoms with Crippen LogP contribution < -0.4 is 5.32 Å². The molecule has 0 unspecified atom stereocenters. The molecule has 8 heteroatoms. The van der Waals surface area contributed by atoms with Crippen LogP contribution in [0.1, 0.15) is 61.3 Å². The summed E-state index contributed by atoms with van der Waals surface area (Å²) in [4.78, 5) is 38.7. The highest BCUT2D eigenvalue weighted by Gasteiger charge is 2.58. The quantitative estimate of drug-likeness (QED) is 0.552. The van der Waals surface area contributed by atoms with Crippen molar-refractivity contribution in [3.05, 3.63) is 0 Å². The Hall–Kier alpha value is -1.99. The lowest BCUT2D eigenvalue weighted by Crippen LogP contribution is -2.56. The highest BCUT2D eigenvalue weighted by molar-refractivity contribution is 5.82. The molecule has 2 fully saturated rings. The molecule has 2 rings (SSSR count). The van der Waals surface area contributed by atoms with Crippen molar-refractivity contribution in [2.45, 2.75) is 84.7 Å². The van der Waals surface area contributed by atoms with Crippen molar-refractivity contribution in [1.29, 1.82) is 0 Å². The fourth-order valence-corrected chi connectivity index (χ4v) is 3.55. The predicted octanol–water partition coefficient (Wildman–Crippen LogP) is 2.84. The van der Waals surface area contributed by atoms with E-state index in [2.05, 4.69) is 5.32 Å². The SMILES string of the molecule is C[C@@H]1OC(=O)C2(CCN(C(=O)OC(C)(C)C)CC2)[C@@H]1NC(=O)OC(C)(C)C. The summed E-state index contributed by atoms with van der Waals surface area (Å²) < 4.78 is 16.2. The van der Waals surface area contributed by atoms with Crippen LogP contribution in [0.3, 0.4) is 0 Å². The summed E-state index contributed by atoms with van der Waals surface area (Å²) in [6, 6.07) is -0.499. The maximum absolute atomic E-state index is 12.6. The van der Waals surface area contributed by atoms with Gasteiger partial charge < -0.3 is 24.4 Å². The Kier molecular flexibility index (Phi) is 5.69. The first-order chi connectivity index (χ1) is 12.2. The molecule has 1 N–H and O–H groups in total. The molecule has 0 aromatic carbocycles. The minimum atomic E-state index is -0.852. The monoisotopic (exact) mass is 384 g/mol. The molecule has 2 heterocycles. The van der Waals surface area contributed by atoms with Gasteiger partial charge in [-0.1, -0.05) is 0 Å². The van der Waals surface area contributed by atoms with E-state index in [1.54, 1.807) is 32.6 Å². The van der Waals surface area contributed by atoms with Gasteiger partial charge in [-0.05, 0) is 61.3 Å². The smallest absolute Gasteiger partial charge is 0.410 e. The van der Waals surface area contributed by atoms with E-state index in [0.29, 0.717) is 25.9 Å². The Morgan fingerprint density at radius 2 is 1.59 bits per heavy atom. The van der Waals surface area contributed by atoms with E-state index < -0.39 is 40.9 Å². The molecule has 2 atom stereocenters. The maximum atomic E-state index is 12.6. The number of hydrogen-bond acceptors (Lipinski definition) is 6. The maximum Gasteiger partial charge on any atom is 0.410 e. The lowest BCUT2D eigenvalue weighted by atomic mass is 9.72. The van der Waals surface area contributed by atoms with Crippen LogP contribution in [0.2, 0.25) is 0 Å². The van der Waals surface area contributed by atoms with Gasteiger partial charge in [-0.3, -0.25) is 4.79 Å². The van der Waals surface area contributed by atoms with Gasteiger partial charge in [-0.2, -0.15) is 0 Å². The average molecular weight is 384 g/mol. The number of carbonyl (C=O) groups is 3. The number of esters is 1. The van der Waals surface area contributed by atoms with Gasteiger partial charge in [0.25, 0.3) is 0 Å². The number of alkyl carbamates (subject to hydrolysis) is 1. The third-order valence-corrected chi connectivity index (χ3v) is 4.74. The molecule has 0 aliphatic carbocycles. The van der Waals surface area contributed by atoms with E-state index in [1.165, 1.54) is 0 Å².